The maximum atomic E-state index is 12.6. The Bertz CT molecular complexity index is 1250. The lowest BCUT2D eigenvalue weighted by Crippen LogP contribution is -2.21. The number of carbonyl (C=O) groups is 2. The number of phenolic OH excluding ortho intramolecular Hbond substituents is 1. The van der Waals surface area contributed by atoms with Crippen LogP contribution in [0.15, 0.2) is 83.3 Å². The van der Waals surface area contributed by atoms with Crippen molar-refractivity contribution >= 4 is 45.8 Å². The number of nitrogens with one attached hydrogen (secondary N) is 2. The van der Waals surface area contributed by atoms with Crippen molar-refractivity contribution in [2.75, 3.05) is 5.32 Å². The van der Waals surface area contributed by atoms with Gasteiger partial charge in [0.15, 0.2) is 0 Å². The summed E-state index contributed by atoms with van der Waals surface area (Å²) in [6.07, 6.45) is 1.41. The molecule has 0 aliphatic heterocycles. The summed E-state index contributed by atoms with van der Waals surface area (Å²) in [7, 11) is 0. The van der Waals surface area contributed by atoms with E-state index in [1.165, 1.54) is 17.6 Å². The number of aromatic hydroxyl groups is 1. The molecule has 4 rings (SSSR count). The van der Waals surface area contributed by atoms with Crippen molar-refractivity contribution in [3.05, 3.63) is 94.2 Å². The van der Waals surface area contributed by atoms with Crippen LogP contribution in [0.1, 0.15) is 25.6 Å². The van der Waals surface area contributed by atoms with Gasteiger partial charge in [-0.2, -0.15) is 5.10 Å². The second-order valence-electron chi connectivity index (χ2n) is 6.40. The summed E-state index contributed by atoms with van der Waals surface area (Å²) in [4.78, 5) is 25.5. The van der Waals surface area contributed by atoms with Crippen LogP contribution in [-0.2, 0) is 0 Å². The Hall–Kier alpha value is -3.97. The van der Waals surface area contributed by atoms with Crippen LogP contribution in [0.5, 0.6) is 5.75 Å². The molecule has 7 heteroatoms. The number of fused-ring (bicyclic) bond motifs is 1. The molecule has 0 unspecified atom stereocenters. The molecule has 3 N–H and O–H groups in total. The smallest absolute Gasteiger partial charge is 0.273 e. The average Bonchev–Trinajstić information content (AvgIpc) is 3.31. The Morgan fingerprint density at radius 2 is 1.70 bits per heavy atom. The second kappa shape index (κ2) is 8.59. The number of nitrogens with zero attached hydrogens (tertiary/aromatic N) is 1. The van der Waals surface area contributed by atoms with Gasteiger partial charge in [0.05, 0.1) is 22.3 Å². The SMILES string of the molecule is O=C(Nc1ccccc1C(=O)N/N=C/c1c(O)ccc2ccccc12)c1cccs1. The lowest BCUT2D eigenvalue weighted by atomic mass is 10.0. The Morgan fingerprint density at radius 1 is 0.900 bits per heavy atom. The Balaban J connectivity index is 1.53. The standard InChI is InChI=1S/C23H17N3O3S/c27-20-12-11-15-6-1-2-7-16(15)18(20)14-24-26-22(28)17-8-3-4-9-19(17)25-23(29)21-10-5-13-30-21/h1-14,27H,(H,25,29)(H,26,28)/b24-14+. The topological polar surface area (TPSA) is 90.8 Å². The van der Waals surface area contributed by atoms with E-state index >= 15 is 0 Å². The molecule has 2 amide bonds. The number of hydrazone groups is 1. The molecule has 1 aromatic heterocycles. The number of benzene rings is 3. The van der Waals surface area contributed by atoms with E-state index in [2.05, 4.69) is 15.8 Å². The van der Waals surface area contributed by atoms with Crippen molar-refractivity contribution in [1.29, 1.82) is 0 Å². The van der Waals surface area contributed by atoms with Crippen molar-refractivity contribution in [3.8, 4) is 5.75 Å². The Kier molecular flexibility index (Phi) is 5.54. The fraction of sp³-hybridized carbons (Fsp3) is 0. The Morgan fingerprint density at radius 3 is 2.53 bits per heavy atom. The van der Waals surface area contributed by atoms with E-state index in [0.29, 0.717) is 16.1 Å². The van der Waals surface area contributed by atoms with E-state index in [-0.39, 0.29) is 17.2 Å². The molecule has 6 nitrogen and oxygen atoms in total. The van der Waals surface area contributed by atoms with Crippen molar-refractivity contribution in [1.82, 2.24) is 5.43 Å². The van der Waals surface area contributed by atoms with Crippen molar-refractivity contribution in [2.45, 2.75) is 0 Å². The molecule has 0 spiro atoms. The highest BCUT2D eigenvalue weighted by atomic mass is 32.1. The number of rotatable bonds is 5. The zero-order valence-corrected chi connectivity index (χ0v) is 16.5. The van der Waals surface area contributed by atoms with Gasteiger partial charge in [-0.3, -0.25) is 9.59 Å². The molecule has 3 aromatic carbocycles. The minimum atomic E-state index is -0.479. The largest absolute Gasteiger partial charge is 0.507 e. The van der Waals surface area contributed by atoms with Gasteiger partial charge in [-0.1, -0.05) is 48.5 Å². The van der Waals surface area contributed by atoms with Gasteiger partial charge >= 0.3 is 0 Å². The summed E-state index contributed by atoms with van der Waals surface area (Å²) in [5.41, 5.74) is 3.63. The third-order valence-electron chi connectivity index (χ3n) is 4.47. The van der Waals surface area contributed by atoms with Gasteiger partial charge < -0.3 is 10.4 Å². The van der Waals surface area contributed by atoms with Gasteiger partial charge in [-0.15, -0.1) is 11.3 Å². The zero-order chi connectivity index (χ0) is 20.9. The summed E-state index contributed by atoms with van der Waals surface area (Å²) in [5, 5.41) is 20.5. The minimum absolute atomic E-state index is 0.0651. The summed E-state index contributed by atoms with van der Waals surface area (Å²) in [5.74, 6) is -0.696. The van der Waals surface area contributed by atoms with E-state index in [9.17, 15) is 14.7 Å². The predicted octanol–water partition coefficient (Wildman–Crippen LogP) is 4.62. The highest BCUT2D eigenvalue weighted by Crippen LogP contribution is 2.25. The first-order chi connectivity index (χ1) is 14.6. The van der Waals surface area contributed by atoms with Gasteiger partial charge in [-0.25, -0.2) is 5.43 Å². The summed E-state index contributed by atoms with van der Waals surface area (Å²) in [6.45, 7) is 0. The van der Waals surface area contributed by atoms with E-state index in [1.54, 1.807) is 42.5 Å². The third-order valence-corrected chi connectivity index (χ3v) is 5.34. The number of hydrogen-bond donors (Lipinski definition) is 3. The Labute approximate surface area is 176 Å². The van der Waals surface area contributed by atoms with Crippen LogP contribution in [0, 0.1) is 0 Å². The van der Waals surface area contributed by atoms with Crippen LogP contribution in [-0.4, -0.2) is 23.1 Å². The molecule has 0 bridgehead atoms. The fourth-order valence-electron chi connectivity index (χ4n) is 3.02. The van der Waals surface area contributed by atoms with Crippen LogP contribution < -0.4 is 10.7 Å². The van der Waals surface area contributed by atoms with Crippen molar-refractivity contribution in [3.63, 3.8) is 0 Å². The highest BCUT2D eigenvalue weighted by Gasteiger charge is 2.14. The molecular formula is C23H17N3O3S. The van der Waals surface area contributed by atoms with Crippen LogP contribution in [0.2, 0.25) is 0 Å². The van der Waals surface area contributed by atoms with Crippen LogP contribution in [0.3, 0.4) is 0 Å². The summed E-state index contributed by atoms with van der Waals surface area (Å²) >= 11 is 1.32. The molecule has 30 heavy (non-hydrogen) atoms. The lowest BCUT2D eigenvalue weighted by Gasteiger charge is -2.09. The lowest BCUT2D eigenvalue weighted by molar-refractivity contribution is 0.0956. The number of amides is 2. The van der Waals surface area contributed by atoms with Gasteiger partial charge in [0.1, 0.15) is 5.75 Å². The molecule has 4 aromatic rings. The first-order valence-electron chi connectivity index (χ1n) is 9.11. The normalized spacial score (nSPS) is 10.9. The number of thiophene rings is 1. The number of carbonyl (C=O) groups excluding carboxylic acids is 2. The molecule has 148 valence electrons. The molecule has 0 aliphatic rings. The minimum Gasteiger partial charge on any atom is -0.507 e. The van der Waals surface area contributed by atoms with Gasteiger partial charge in [-0.05, 0) is 40.4 Å². The number of para-hydroxylation sites is 1. The predicted molar refractivity (Wildman–Crippen MR) is 119 cm³/mol. The van der Waals surface area contributed by atoms with Gasteiger partial charge in [0.25, 0.3) is 11.8 Å². The zero-order valence-electron chi connectivity index (χ0n) is 15.7. The number of hydrogen-bond acceptors (Lipinski definition) is 5. The van der Waals surface area contributed by atoms with Crippen LogP contribution in [0.25, 0.3) is 10.8 Å². The molecule has 0 saturated heterocycles. The van der Waals surface area contributed by atoms with E-state index in [4.69, 9.17) is 0 Å². The molecule has 0 atom stereocenters. The van der Waals surface area contributed by atoms with Gasteiger partial charge in [0.2, 0.25) is 0 Å². The molecule has 0 fully saturated rings. The fourth-order valence-corrected chi connectivity index (χ4v) is 3.64. The van der Waals surface area contributed by atoms with E-state index in [1.807, 2.05) is 35.7 Å². The molecule has 0 radical (unpaired) electrons. The maximum absolute atomic E-state index is 12.6. The quantitative estimate of drug-likeness (QED) is 0.328. The van der Waals surface area contributed by atoms with Crippen molar-refractivity contribution < 1.29 is 14.7 Å². The van der Waals surface area contributed by atoms with E-state index in [0.717, 1.165) is 10.8 Å². The van der Waals surface area contributed by atoms with E-state index < -0.39 is 5.91 Å². The van der Waals surface area contributed by atoms with Gasteiger partial charge in [0, 0.05) is 5.56 Å². The third kappa shape index (κ3) is 4.06. The average molecular weight is 415 g/mol. The maximum Gasteiger partial charge on any atom is 0.273 e. The van der Waals surface area contributed by atoms with Crippen LogP contribution >= 0.6 is 11.3 Å². The molecule has 0 aliphatic carbocycles. The number of anilines is 1. The first-order valence-corrected chi connectivity index (χ1v) is 9.99. The highest BCUT2D eigenvalue weighted by molar-refractivity contribution is 7.12. The first kappa shape index (κ1) is 19.4. The van der Waals surface area contributed by atoms with Crippen LogP contribution in [0.4, 0.5) is 5.69 Å². The molecule has 1 heterocycles. The number of phenols is 1. The molecular weight excluding hydrogens is 398 g/mol. The summed E-state index contributed by atoms with van der Waals surface area (Å²) in [6, 6.07) is 21.2. The monoisotopic (exact) mass is 415 g/mol. The molecule has 0 saturated carbocycles. The second-order valence-corrected chi connectivity index (χ2v) is 7.34. The van der Waals surface area contributed by atoms with Crippen molar-refractivity contribution in [2.24, 2.45) is 5.10 Å². The summed E-state index contributed by atoms with van der Waals surface area (Å²) < 4.78 is 0.